The Morgan fingerprint density at radius 1 is 1.15 bits per heavy atom. The molecule has 0 spiro atoms. The zero-order chi connectivity index (χ0) is 18.5. The quantitative estimate of drug-likeness (QED) is 0.615. The number of nitrogens with zero attached hydrogens (tertiary/aromatic N) is 3. The van der Waals surface area contributed by atoms with Crippen LogP contribution in [0.5, 0.6) is 0 Å². The lowest BCUT2D eigenvalue weighted by molar-refractivity contribution is -0.127. The second kappa shape index (κ2) is 8.14. The number of aromatic nitrogens is 2. The van der Waals surface area contributed by atoms with Crippen LogP contribution >= 0.6 is 11.8 Å². The van der Waals surface area contributed by atoms with Gasteiger partial charge in [-0.25, -0.2) is 4.39 Å². The number of rotatable bonds is 6. The van der Waals surface area contributed by atoms with Gasteiger partial charge in [0.05, 0.1) is 5.75 Å². The maximum absolute atomic E-state index is 13.0. The number of carbonyl (C=O) groups is 1. The molecular weight excluding hydrogens is 353 g/mol. The summed E-state index contributed by atoms with van der Waals surface area (Å²) < 4.78 is 18.5. The summed E-state index contributed by atoms with van der Waals surface area (Å²) in [4.78, 5) is 14.0. The minimum absolute atomic E-state index is 0.0280. The Labute approximate surface area is 155 Å². The van der Waals surface area contributed by atoms with Crippen molar-refractivity contribution < 1.29 is 13.6 Å². The van der Waals surface area contributed by atoms with Gasteiger partial charge in [-0.2, -0.15) is 0 Å². The summed E-state index contributed by atoms with van der Waals surface area (Å²) in [6.07, 6.45) is 0. The second-order valence-electron chi connectivity index (χ2n) is 5.84. The maximum Gasteiger partial charge on any atom is 0.277 e. The van der Waals surface area contributed by atoms with Crippen LogP contribution in [0, 0.1) is 12.7 Å². The normalized spacial score (nSPS) is 10.7. The zero-order valence-corrected chi connectivity index (χ0v) is 15.3. The summed E-state index contributed by atoms with van der Waals surface area (Å²) in [7, 11) is 1.77. The first-order chi connectivity index (χ1) is 12.5. The van der Waals surface area contributed by atoms with Crippen LogP contribution in [0.4, 0.5) is 4.39 Å². The van der Waals surface area contributed by atoms with E-state index >= 15 is 0 Å². The summed E-state index contributed by atoms with van der Waals surface area (Å²) in [5, 5.41) is 8.17. The summed E-state index contributed by atoms with van der Waals surface area (Å²) in [5.74, 6) is 0.145. The van der Waals surface area contributed by atoms with Gasteiger partial charge in [-0.1, -0.05) is 36.0 Å². The average Bonchev–Trinajstić information content (AvgIpc) is 3.11. The molecule has 0 atom stereocenters. The van der Waals surface area contributed by atoms with Crippen LogP contribution in [0.3, 0.4) is 0 Å². The smallest absolute Gasteiger partial charge is 0.277 e. The van der Waals surface area contributed by atoms with Crippen molar-refractivity contribution in [3.63, 3.8) is 0 Å². The van der Waals surface area contributed by atoms with Crippen LogP contribution in [0.15, 0.2) is 58.2 Å². The highest BCUT2D eigenvalue weighted by molar-refractivity contribution is 7.99. The van der Waals surface area contributed by atoms with E-state index in [1.807, 2.05) is 31.2 Å². The first-order valence-corrected chi connectivity index (χ1v) is 9.02. The minimum atomic E-state index is -0.329. The molecule has 1 heterocycles. The van der Waals surface area contributed by atoms with Gasteiger partial charge in [0, 0.05) is 19.2 Å². The van der Waals surface area contributed by atoms with Gasteiger partial charge in [0.25, 0.3) is 5.22 Å². The first kappa shape index (κ1) is 18.1. The van der Waals surface area contributed by atoms with Crippen LogP contribution < -0.4 is 0 Å². The molecule has 2 aromatic carbocycles. The van der Waals surface area contributed by atoms with E-state index in [0.717, 1.165) is 11.1 Å². The molecule has 26 heavy (non-hydrogen) atoms. The molecule has 0 N–H and O–H groups in total. The van der Waals surface area contributed by atoms with E-state index < -0.39 is 0 Å². The molecule has 1 amide bonds. The molecule has 1 aromatic heterocycles. The van der Waals surface area contributed by atoms with Crippen LogP contribution in [-0.4, -0.2) is 33.8 Å². The largest absolute Gasteiger partial charge is 0.411 e. The Kier molecular flexibility index (Phi) is 5.68. The van der Waals surface area contributed by atoms with E-state index in [2.05, 4.69) is 10.2 Å². The Balaban J connectivity index is 1.56. The molecule has 0 aliphatic heterocycles. The third kappa shape index (κ3) is 4.49. The van der Waals surface area contributed by atoms with Crippen LogP contribution in [0.2, 0.25) is 0 Å². The highest BCUT2D eigenvalue weighted by atomic mass is 32.2. The topological polar surface area (TPSA) is 59.2 Å². The summed E-state index contributed by atoms with van der Waals surface area (Å²) in [6, 6.07) is 13.8. The lowest BCUT2D eigenvalue weighted by atomic mass is 10.1. The number of hydrogen-bond donors (Lipinski definition) is 0. The fourth-order valence-electron chi connectivity index (χ4n) is 2.34. The van der Waals surface area contributed by atoms with E-state index in [1.54, 1.807) is 24.1 Å². The standard InChI is InChI=1S/C19H18FN3O2S/c1-13-5-3-4-6-15(13)11-23(2)17(24)12-26-19-22-21-18(25-19)14-7-9-16(20)10-8-14/h3-10H,11-12H2,1-2H3. The van der Waals surface area contributed by atoms with Crippen molar-refractivity contribution in [3.8, 4) is 11.5 Å². The van der Waals surface area contributed by atoms with Gasteiger partial charge in [0.15, 0.2) is 0 Å². The monoisotopic (exact) mass is 371 g/mol. The second-order valence-corrected chi connectivity index (χ2v) is 6.77. The van der Waals surface area contributed by atoms with Crippen molar-refractivity contribution in [2.75, 3.05) is 12.8 Å². The molecule has 3 rings (SSSR count). The molecule has 0 radical (unpaired) electrons. The van der Waals surface area contributed by atoms with Gasteiger partial charge < -0.3 is 9.32 Å². The van der Waals surface area contributed by atoms with Gasteiger partial charge in [-0.15, -0.1) is 10.2 Å². The first-order valence-electron chi connectivity index (χ1n) is 8.03. The number of aryl methyl sites for hydroxylation is 1. The van der Waals surface area contributed by atoms with Gasteiger partial charge in [0.1, 0.15) is 5.82 Å². The fraction of sp³-hybridized carbons (Fsp3) is 0.211. The number of thioether (sulfide) groups is 1. The minimum Gasteiger partial charge on any atom is -0.411 e. The number of amides is 1. The molecule has 5 nitrogen and oxygen atoms in total. The third-order valence-electron chi connectivity index (χ3n) is 3.91. The molecule has 0 bridgehead atoms. The molecule has 3 aromatic rings. The van der Waals surface area contributed by atoms with Crippen LogP contribution in [0.25, 0.3) is 11.5 Å². The van der Waals surface area contributed by atoms with Gasteiger partial charge in [-0.05, 0) is 42.3 Å². The molecular formula is C19H18FN3O2S. The fourth-order valence-corrected chi connectivity index (χ4v) is 3.05. The summed E-state index contributed by atoms with van der Waals surface area (Å²) in [6.45, 7) is 2.58. The number of benzene rings is 2. The van der Waals surface area contributed by atoms with Crippen molar-refractivity contribution in [1.82, 2.24) is 15.1 Å². The Bertz CT molecular complexity index is 896. The lowest BCUT2D eigenvalue weighted by Gasteiger charge is -2.17. The zero-order valence-electron chi connectivity index (χ0n) is 14.5. The molecule has 0 unspecified atom stereocenters. The van der Waals surface area contributed by atoms with Crippen molar-refractivity contribution in [1.29, 1.82) is 0 Å². The molecule has 0 aliphatic rings. The highest BCUT2D eigenvalue weighted by Crippen LogP contribution is 2.23. The average molecular weight is 371 g/mol. The predicted molar refractivity (Wildman–Crippen MR) is 98.1 cm³/mol. The number of hydrogen-bond acceptors (Lipinski definition) is 5. The van der Waals surface area contributed by atoms with Crippen molar-refractivity contribution in [2.24, 2.45) is 0 Å². The van der Waals surface area contributed by atoms with E-state index in [9.17, 15) is 9.18 Å². The maximum atomic E-state index is 13.0. The summed E-state index contributed by atoms with van der Waals surface area (Å²) >= 11 is 1.18. The van der Waals surface area contributed by atoms with Gasteiger partial charge >= 0.3 is 0 Å². The van der Waals surface area contributed by atoms with Crippen LogP contribution in [0.1, 0.15) is 11.1 Å². The van der Waals surface area contributed by atoms with E-state index in [4.69, 9.17) is 4.42 Å². The molecule has 7 heteroatoms. The summed E-state index contributed by atoms with van der Waals surface area (Å²) in [5.41, 5.74) is 2.90. The molecule has 0 saturated carbocycles. The van der Waals surface area contributed by atoms with E-state index in [-0.39, 0.29) is 17.5 Å². The SMILES string of the molecule is Cc1ccccc1CN(C)C(=O)CSc1nnc(-c2ccc(F)cc2)o1. The van der Waals surface area contributed by atoms with Gasteiger partial charge in [0.2, 0.25) is 11.8 Å². The number of halogens is 1. The number of carbonyl (C=O) groups excluding carboxylic acids is 1. The Morgan fingerprint density at radius 3 is 2.62 bits per heavy atom. The van der Waals surface area contributed by atoms with Gasteiger partial charge in [-0.3, -0.25) is 4.79 Å². The third-order valence-corrected chi connectivity index (χ3v) is 4.71. The van der Waals surface area contributed by atoms with Crippen molar-refractivity contribution in [2.45, 2.75) is 18.7 Å². The highest BCUT2D eigenvalue weighted by Gasteiger charge is 2.14. The Hall–Kier alpha value is -2.67. The Morgan fingerprint density at radius 2 is 1.88 bits per heavy atom. The molecule has 0 aliphatic carbocycles. The predicted octanol–water partition coefficient (Wildman–Crippen LogP) is 3.93. The van der Waals surface area contributed by atoms with Crippen LogP contribution in [-0.2, 0) is 11.3 Å². The van der Waals surface area contributed by atoms with Crippen molar-refractivity contribution in [3.05, 3.63) is 65.5 Å². The van der Waals surface area contributed by atoms with E-state index in [0.29, 0.717) is 23.2 Å². The van der Waals surface area contributed by atoms with Crippen molar-refractivity contribution >= 4 is 17.7 Å². The molecule has 0 fully saturated rings. The lowest BCUT2D eigenvalue weighted by Crippen LogP contribution is -2.28. The molecule has 0 saturated heterocycles. The molecule has 134 valence electrons. The van der Waals surface area contributed by atoms with E-state index in [1.165, 1.54) is 23.9 Å².